The predicted octanol–water partition coefficient (Wildman–Crippen LogP) is 3.42. The van der Waals surface area contributed by atoms with Crippen molar-refractivity contribution in [3.8, 4) is 5.75 Å². The summed E-state index contributed by atoms with van der Waals surface area (Å²) in [4.78, 5) is 12.0. The molecular weight excluding hydrogens is 243 g/mol. The number of carbonyl (C=O) groups is 1. The Morgan fingerprint density at radius 3 is 2.35 bits per heavy atom. The Kier molecular flexibility index (Phi) is 3.11. The van der Waals surface area contributed by atoms with E-state index in [0.717, 1.165) is 6.07 Å². The Morgan fingerprint density at radius 1 is 1.12 bits per heavy atom. The molecule has 0 bridgehead atoms. The van der Waals surface area contributed by atoms with Gasteiger partial charge in [-0.15, -0.1) is 0 Å². The maximum Gasteiger partial charge on any atom is 0.193 e. The molecule has 0 aliphatic carbocycles. The van der Waals surface area contributed by atoms with Crippen molar-refractivity contribution in [2.24, 2.45) is 0 Å². The summed E-state index contributed by atoms with van der Waals surface area (Å²) in [6.45, 7) is 0. The second kappa shape index (κ2) is 4.55. The van der Waals surface area contributed by atoms with E-state index in [-0.39, 0.29) is 16.4 Å². The van der Waals surface area contributed by atoms with Gasteiger partial charge in [-0.2, -0.15) is 0 Å². The van der Waals surface area contributed by atoms with Gasteiger partial charge in [0, 0.05) is 11.1 Å². The van der Waals surface area contributed by atoms with Gasteiger partial charge in [-0.25, -0.2) is 4.39 Å². The highest BCUT2D eigenvalue weighted by atomic mass is 35.5. The number of hydrogen-bond acceptors (Lipinski definition) is 2. The number of phenolic OH excluding ortho intramolecular Hbond substituents is 1. The minimum atomic E-state index is -0.906. The maximum absolute atomic E-state index is 13.2. The fourth-order valence-corrected chi connectivity index (χ4v) is 1.66. The second-order valence-electron chi connectivity index (χ2n) is 3.48. The molecule has 0 radical (unpaired) electrons. The van der Waals surface area contributed by atoms with Crippen molar-refractivity contribution in [2.75, 3.05) is 0 Å². The lowest BCUT2D eigenvalue weighted by atomic mass is 10.0. The van der Waals surface area contributed by atoms with Gasteiger partial charge in [0.1, 0.15) is 0 Å². The molecule has 0 amide bonds. The number of aromatic hydroxyl groups is 1. The average molecular weight is 251 g/mol. The zero-order chi connectivity index (χ0) is 12.4. The lowest BCUT2D eigenvalue weighted by Gasteiger charge is -2.04. The van der Waals surface area contributed by atoms with E-state index in [1.54, 1.807) is 30.3 Å². The van der Waals surface area contributed by atoms with E-state index in [9.17, 15) is 9.18 Å². The molecule has 0 unspecified atom stereocenters. The van der Waals surface area contributed by atoms with Crippen LogP contribution in [0.25, 0.3) is 0 Å². The number of carbonyl (C=O) groups excluding carboxylic acids is 1. The highest BCUT2D eigenvalue weighted by Gasteiger charge is 2.14. The van der Waals surface area contributed by atoms with Crippen LogP contribution in [-0.4, -0.2) is 10.9 Å². The van der Waals surface area contributed by atoms with Crippen LogP contribution in [0.15, 0.2) is 42.5 Å². The van der Waals surface area contributed by atoms with Crippen LogP contribution in [0.1, 0.15) is 15.9 Å². The third-order valence-electron chi connectivity index (χ3n) is 2.32. The topological polar surface area (TPSA) is 37.3 Å². The van der Waals surface area contributed by atoms with Crippen molar-refractivity contribution in [3.63, 3.8) is 0 Å². The van der Waals surface area contributed by atoms with Crippen LogP contribution in [0.3, 0.4) is 0 Å². The Labute approximate surface area is 102 Å². The maximum atomic E-state index is 13.2. The second-order valence-corrected chi connectivity index (χ2v) is 3.89. The van der Waals surface area contributed by atoms with Gasteiger partial charge < -0.3 is 5.11 Å². The highest BCUT2D eigenvalue weighted by Crippen LogP contribution is 2.28. The van der Waals surface area contributed by atoms with Crippen LogP contribution in [-0.2, 0) is 0 Å². The summed E-state index contributed by atoms with van der Waals surface area (Å²) in [5.41, 5.74) is 0.546. The third-order valence-corrected chi connectivity index (χ3v) is 2.60. The lowest BCUT2D eigenvalue weighted by Crippen LogP contribution is -2.01. The Bertz CT molecular complexity index is 544. The molecule has 17 heavy (non-hydrogen) atoms. The Hall–Kier alpha value is -1.87. The number of halogens is 2. The molecule has 2 aromatic carbocycles. The van der Waals surface area contributed by atoms with Crippen LogP contribution in [0.5, 0.6) is 5.75 Å². The van der Waals surface area contributed by atoms with Crippen LogP contribution in [0.4, 0.5) is 4.39 Å². The van der Waals surface area contributed by atoms with Gasteiger partial charge in [-0.3, -0.25) is 4.79 Å². The first-order valence-corrected chi connectivity index (χ1v) is 5.25. The molecule has 0 atom stereocenters. The standard InChI is InChI=1S/C13H8ClFO2/c14-10-6-9(7-11(15)13(10)17)12(16)8-4-2-1-3-5-8/h1-7,17H. The monoisotopic (exact) mass is 250 g/mol. The molecule has 2 nitrogen and oxygen atoms in total. The first-order valence-electron chi connectivity index (χ1n) is 4.87. The molecule has 4 heteroatoms. The van der Waals surface area contributed by atoms with Gasteiger partial charge in [0.15, 0.2) is 17.3 Å². The van der Waals surface area contributed by atoms with Crippen molar-refractivity contribution in [3.05, 3.63) is 64.4 Å². The summed E-state index contributed by atoms with van der Waals surface area (Å²) in [6, 6.07) is 10.7. The molecule has 0 aromatic heterocycles. The lowest BCUT2D eigenvalue weighted by molar-refractivity contribution is 0.103. The number of hydrogen-bond donors (Lipinski definition) is 1. The zero-order valence-corrected chi connectivity index (χ0v) is 9.41. The number of ketones is 1. The molecule has 2 rings (SSSR count). The van der Waals surface area contributed by atoms with Crippen LogP contribution >= 0.6 is 11.6 Å². The van der Waals surface area contributed by atoms with Gasteiger partial charge in [0.05, 0.1) is 5.02 Å². The molecule has 86 valence electrons. The van der Waals surface area contributed by atoms with Gasteiger partial charge in [-0.1, -0.05) is 41.9 Å². The SMILES string of the molecule is O=C(c1ccccc1)c1cc(F)c(O)c(Cl)c1. The van der Waals surface area contributed by atoms with Gasteiger partial charge >= 0.3 is 0 Å². The quantitative estimate of drug-likeness (QED) is 0.830. The fourth-order valence-electron chi connectivity index (χ4n) is 1.45. The van der Waals surface area contributed by atoms with Gasteiger partial charge in [-0.05, 0) is 12.1 Å². The number of benzene rings is 2. The minimum absolute atomic E-state index is 0.108. The average Bonchev–Trinajstić information content (AvgIpc) is 2.35. The summed E-state index contributed by atoms with van der Waals surface area (Å²) in [5.74, 6) is -1.89. The van der Waals surface area contributed by atoms with Gasteiger partial charge in [0.25, 0.3) is 0 Å². The molecule has 2 aromatic rings. The van der Waals surface area contributed by atoms with Crippen LogP contribution in [0, 0.1) is 5.82 Å². The first kappa shape index (κ1) is 11.6. The summed E-state index contributed by atoms with van der Waals surface area (Å²) >= 11 is 5.61. The fraction of sp³-hybridized carbons (Fsp3) is 0. The van der Waals surface area contributed by atoms with Crippen LogP contribution in [0.2, 0.25) is 5.02 Å². The summed E-state index contributed by atoms with van der Waals surface area (Å²) < 4.78 is 13.2. The van der Waals surface area contributed by atoms with Crippen molar-refractivity contribution in [1.29, 1.82) is 0 Å². The summed E-state index contributed by atoms with van der Waals surface area (Å²) in [6.07, 6.45) is 0. The predicted molar refractivity (Wildman–Crippen MR) is 62.9 cm³/mol. The Morgan fingerprint density at radius 2 is 1.76 bits per heavy atom. The number of phenols is 1. The van der Waals surface area contributed by atoms with Crippen molar-refractivity contribution in [2.45, 2.75) is 0 Å². The molecule has 0 heterocycles. The zero-order valence-electron chi connectivity index (χ0n) is 8.65. The molecule has 0 saturated carbocycles. The minimum Gasteiger partial charge on any atom is -0.504 e. The van der Waals surface area contributed by atoms with Gasteiger partial charge in [0.2, 0.25) is 0 Å². The molecular formula is C13H8ClFO2. The smallest absolute Gasteiger partial charge is 0.193 e. The summed E-state index contributed by atoms with van der Waals surface area (Å²) in [5, 5.41) is 8.99. The first-order chi connectivity index (χ1) is 8.09. The van der Waals surface area contributed by atoms with Crippen LogP contribution < -0.4 is 0 Å². The Balaban J connectivity index is 2.45. The molecule has 0 spiro atoms. The normalized spacial score (nSPS) is 10.2. The molecule has 0 aliphatic rings. The summed E-state index contributed by atoms with van der Waals surface area (Å²) in [7, 11) is 0. The molecule has 0 saturated heterocycles. The van der Waals surface area contributed by atoms with E-state index < -0.39 is 11.6 Å². The van der Waals surface area contributed by atoms with Crippen molar-refractivity contribution < 1.29 is 14.3 Å². The number of rotatable bonds is 2. The largest absolute Gasteiger partial charge is 0.504 e. The molecule has 1 N–H and O–H groups in total. The van der Waals surface area contributed by atoms with E-state index in [4.69, 9.17) is 16.7 Å². The van der Waals surface area contributed by atoms with E-state index in [0.29, 0.717) is 5.56 Å². The third kappa shape index (κ3) is 2.29. The molecule has 0 aliphatic heterocycles. The van der Waals surface area contributed by atoms with Crippen molar-refractivity contribution >= 4 is 17.4 Å². The molecule has 0 fully saturated rings. The van der Waals surface area contributed by atoms with E-state index in [1.165, 1.54) is 6.07 Å². The van der Waals surface area contributed by atoms with E-state index in [1.807, 2.05) is 0 Å². The van der Waals surface area contributed by atoms with Crippen molar-refractivity contribution in [1.82, 2.24) is 0 Å². The van der Waals surface area contributed by atoms with E-state index in [2.05, 4.69) is 0 Å². The van der Waals surface area contributed by atoms with E-state index >= 15 is 0 Å². The highest BCUT2D eigenvalue weighted by molar-refractivity contribution is 6.32.